The van der Waals surface area contributed by atoms with Gasteiger partial charge in [0.05, 0.1) is 0 Å². The van der Waals surface area contributed by atoms with Gasteiger partial charge in [-0.3, -0.25) is 0 Å². The van der Waals surface area contributed by atoms with Crippen molar-refractivity contribution in [3.8, 4) is 0 Å². The van der Waals surface area contributed by atoms with Crippen molar-refractivity contribution in [2.75, 3.05) is 0 Å². The minimum Gasteiger partial charge on any atom is -0.0584 e. The minimum atomic E-state index is 0.210. The second kappa shape index (κ2) is 5.76. The standard InChI is InChI=1S/C24H32/c1-16-14-21(17-8-10-18(11-9-17)23(2,3)4)22-15-19(24(5,6)7)12-13-20(16)22/h8-13,15-16,21H,14H2,1-7H3. The molecular weight excluding hydrogens is 288 g/mol. The van der Waals surface area contributed by atoms with Crippen molar-refractivity contribution in [1.29, 1.82) is 0 Å². The van der Waals surface area contributed by atoms with Crippen molar-refractivity contribution >= 4 is 0 Å². The molecule has 0 aromatic heterocycles. The average molecular weight is 321 g/mol. The van der Waals surface area contributed by atoms with E-state index in [2.05, 4.69) is 90.9 Å². The van der Waals surface area contributed by atoms with Crippen molar-refractivity contribution in [2.24, 2.45) is 0 Å². The summed E-state index contributed by atoms with van der Waals surface area (Å²) in [6, 6.07) is 16.6. The quantitative estimate of drug-likeness (QED) is 0.535. The number of hydrogen-bond donors (Lipinski definition) is 0. The molecule has 128 valence electrons. The number of benzene rings is 2. The molecule has 0 heterocycles. The van der Waals surface area contributed by atoms with E-state index in [-0.39, 0.29) is 10.8 Å². The lowest BCUT2D eigenvalue weighted by Gasteiger charge is -2.22. The molecule has 0 saturated carbocycles. The lowest BCUT2D eigenvalue weighted by molar-refractivity contribution is 0.588. The highest BCUT2D eigenvalue weighted by atomic mass is 14.3. The summed E-state index contributed by atoms with van der Waals surface area (Å²) in [5.74, 6) is 1.20. The van der Waals surface area contributed by atoms with Crippen molar-refractivity contribution < 1.29 is 0 Å². The van der Waals surface area contributed by atoms with E-state index in [9.17, 15) is 0 Å². The number of rotatable bonds is 1. The third-order valence-corrected chi connectivity index (χ3v) is 5.63. The van der Waals surface area contributed by atoms with Gasteiger partial charge in [-0.2, -0.15) is 0 Å². The Bertz CT molecular complexity index is 720. The van der Waals surface area contributed by atoms with Gasteiger partial charge in [0.25, 0.3) is 0 Å². The summed E-state index contributed by atoms with van der Waals surface area (Å²) in [5, 5.41) is 0. The van der Waals surface area contributed by atoms with Crippen LogP contribution in [0.4, 0.5) is 0 Å². The Morgan fingerprint density at radius 2 is 1.25 bits per heavy atom. The van der Waals surface area contributed by atoms with Crippen LogP contribution in [-0.4, -0.2) is 0 Å². The van der Waals surface area contributed by atoms with Gasteiger partial charge in [-0.15, -0.1) is 0 Å². The third kappa shape index (κ3) is 3.16. The van der Waals surface area contributed by atoms with Gasteiger partial charge in [0.1, 0.15) is 0 Å². The Hall–Kier alpha value is -1.56. The Labute approximate surface area is 148 Å². The molecule has 2 aromatic carbocycles. The van der Waals surface area contributed by atoms with Crippen LogP contribution in [0.1, 0.15) is 94.5 Å². The molecule has 0 radical (unpaired) electrons. The van der Waals surface area contributed by atoms with Crippen molar-refractivity contribution in [3.05, 3.63) is 70.3 Å². The molecule has 0 fully saturated rings. The summed E-state index contributed by atoms with van der Waals surface area (Å²) in [6.45, 7) is 16.1. The maximum atomic E-state index is 2.47. The molecule has 0 aliphatic heterocycles. The summed E-state index contributed by atoms with van der Waals surface area (Å²) < 4.78 is 0. The second-order valence-corrected chi connectivity index (χ2v) is 9.66. The summed E-state index contributed by atoms with van der Waals surface area (Å²) in [6.07, 6.45) is 1.23. The molecule has 0 heteroatoms. The van der Waals surface area contributed by atoms with Gasteiger partial charge in [-0.25, -0.2) is 0 Å². The molecule has 1 aliphatic carbocycles. The van der Waals surface area contributed by atoms with E-state index in [0.29, 0.717) is 11.8 Å². The third-order valence-electron chi connectivity index (χ3n) is 5.63. The summed E-state index contributed by atoms with van der Waals surface area (Å²) in [4.78, 5) is 0. The Morgan fingerprint density at radius 1 is 0.708 bits per heavy atom. The van der Waals surface area contributed by atoms with Crippen molar-refractivity contribution in [2.45, 2.75) is 77.6 Å². The minimum absolute atomic E-state index is 0.210. The molecule has 0 bridgehead atoms. The fraction of sp³-hybridized carbons (Fsp3) is 0.500. The van der Waals surface area contributed by atoms with Crippen LogP contribution in [-0.2, 0) is 10.8 Å². The largest absolute Gasteiger partial charge is 0.0584 e. The Morgan fingerprint density at radius 3 is 1.79 bits per heavy atom. The zero-order chi connectivity index (χ0) is 17.7. The molecule has 0 N–H and O–H groups in total. The second-order valence-electron chi connectivity index (χ2n) is 9.66. The van der Waals surface area contributed by atoms with Gasteiger partial charge < -0.3 is 0 Å². The first-order valence-electron chi connectivity index (χ1n) is 9.32. The summed E-state index contributed by atoms with van der Waals surface area (Å²) in [5.41, 5.74) is 7.87. The van der Waals surface area contributed by atoms with Crippen LogP contribution in [0.15, 0.2) is 42.5 Å². The highest BCUT2D eigenvalue weighted by Crippen LogP contribution is 2.46. The first-order chi connectivity index (χ1) is 11.1. The Kier molecular flexibility index (Phi) is 4.14. The lowest BCUT2D eigenvalue weighted by Crippen LogP contribution is -2.12. The van der Waals surface area contributed by atoms with Crippen LogP contribution in [0.3, 0.4) is 0 Å². The van der Waals surface area contributed by atoms with Crippen LogP contribution in [0, 0.1) is 0 Å². The highest BCUT2D eigenvalue weighted by molar-refractivity contribution is 5.48. The maximum Gasteiger partial charge on any atom is 0.00979 e. The molecule has 0 nitrogen and oxygen atoms in total. The van der Waals surface area contributed by atoms with Crippen molar-refractivity contribution in [3.63, 3.8) is 0 Å². The van der Waals surface area contributed by atoms with Crippen molar-refractivity contribution in [1.82, 2.24) is 0 Å². The van der Waals surface area contributed by atoms with Gasteiger partial charge in [0.2, 0.25) is 0 Å². The van der Waals surface area contributed by atoms with E-state index in [0.717, 1.165) is 0 Å². The fourth-order valence-corrected chi connectivity index (χ4v) is 3.93. The van der Waals surface area contributed by atoms with Crippen LogP contribution < -0.4 is 0 Å². The normalized spacial score (nSPS) is 21.0. The Balaban J connectivity index is 2.00. The number of hydrogen-bond acceptors (Lipinski definition) is 0. The van der Waals surface area contributed by atoms with E-state index in [1.165, 1.54) is 23.1 Å². The van der Waals surface area contributed by atoms with E-state index in [1.54, 1.807) is 11.1 Å². The first-order valence-corrected chi connectivity index (χ1v) is 9.32. The lowest BCUT2D eigenvalue weighted by atomic mass is 9.82. The first kappa shape index (κ1) is 17.3. The molecule has 2 atom stereocenters. The molecule has 0 amide bonds. The van der Waals surface area contributed by atoms with Gasteiger partial charge in [0.15, 0.2) is 0 Å². The SMILES string of the molecule is CC1CC(c2ccc(C(C)(C)C)cc2)c2cc(C(C)(C)C)ccc21. The molecule has 2 aromatic rings. The van der Waals surface area contributed by atoms with Gasteiger partial charge in [-0.05, 0) is 51.0 Å². The van der Waals surface area contributed by atoms with Gasteiger partial charge in [0, 0.05) is 5.92 Å². The smallest absolute Gasteiger partial charge is 0.00979 e. The fourth-order valence-electron chi connectivity index (χ4n) is 3.93. The van der Waals surface area contributed by atoms with Crippen LogP contribution >= 0.6 is 0 Å². The zero-order valence-electron chi connectivity index (χ0n) is 16.4. The summed E-state index contributed by atoms with van der Waals surface area (Å²) in [7, 11) is 0. The zero-order valence-corrected chi connectivity index (χ0v) is 16.4. The molecule has 2 unspecified atom stereocenters. The van der Waals surface area contributed by atoms with E-state index in [4.69, 9.17) is 0 Å². The van der Waals surface area contributed by atoms with Crippen LogP contribution in [0.5, 0.6) is 0 Å². The van der Waals surface area contributed by atoms with Gasteiger partial charge in [-0.1, -0.05) is 90.9 Å². The average Bonchev–Trinajstić information content (AvgIpc) is 2.82. The highest BCUT2D eigenvalue weighted by Gasteiger charge is 2.30. The van der Waals surface area contributed by atoms with Crippen LogP contribution in [0.2, 0.25) is 0 Å². The summed E-state index contributed by atoms with van der Waals surface area (Å²) >= 11 is 0. The molecule has 3 rings (SSSR count). The van der Waals surface area contributed by atoms with E-state index >= 15 is 0 Å². The molecule has 0 saturated heterocycles. The van der Waals surface area contributed by atoms with E-state index in [1.807, 2.05) is 0 Å². The van der Waals surface area contributed by atoms with Crippen LogP contribution in [0.25, 0.3) is 0 Å². The molecular formula is C24H32. The topological polar surface area (TPSA) is 0 Å². The molecule has 1 aliphatic rings. The molecule has 24 heavy (non-hydrogen) atoms. The number of fused-ring (bicyclic) bond motifs is 1. The maximum absolute atomic E-state index is 2.47. The van der Waals surface area contributed by atoms with Gasteiger partial charge >= 0.3 is 0 Å². The molecule has 0 spiro atoms. The predicted molar refractivity (Wildman–Crippen MR) is 105 cm³/mol. The monoisotopic (exact) mass is 320 g/mol. The predicted octanol–water partition coefficient (Wildman–Crippen LogP) is 6.92. The van der Waals surface area contributed by atoms with E-state index < -0.39 is 0 Å².